The Labute approximate surface area is 94.7 Å². The van der Waals surface area contributed by atoms with Gasteiger partial charge in [-0.25, -0.2) is 0 Å². The van der Waals surface area contributed by atoms with E-state index in [9.17, 15) is 0 Å². The minimum atomic E-state index is -0.258. The highest BCUT2D eigenvalue weighted by Crippen LogP contribution is 2.32. The molecule has 14 heavy (non-hydrogen) atoms. The molecule has 2 aromatic rings. The largest absolute Gasteiger partial charge is 0.333 e. The molecule has 2 heterocycles. The minimum Gasteiger partial charge on any atom is -0.333 e. The molecule has 1 unspecified atom stereocenters. The fraction of sp³-hybridized carbons (Fsp3) is 0.250. The molecule has 0 aliphatic heterocycles. The second-order valence-electron chi connectivity index (χ2n) is 2.67. The van der Waals surface area contributed by atoms with Gasteiger partial charge in [-0.05, 0) is 18.4 Å². The molecule has 0 radical (unpaired) electrons. The number of halogens is 2. The summed E-state index contributed by atoms with van der Waals surface area (Å²) >= 11 is 13.2. The van der Waals surface area contributed by atoms with Gasteiger partial charge in [0.05, 0.1) is 10.4 Å². The summed E-state index contributed by atoms with van der Waals surface area (Å²) in [5.41, 5.74) is 0. The third-order valence-corrected chi connectivity index (χ3v) is 3.13. The molecule has 0 spiro atoms. The van der Waals surface area contributed by atoms with Crippen molar-refractivity contribution < 1.29 is 4.52 Å². The lowest BCUT2D eigenvalue weighted by molar-refractivity contribution is 0.423. The second kappa shape index (κ2) is 3.88. The Kier molecular flexibility index (Phi) is 2.76. The molecular formula is C8H6Cl2N2OS. The minimum absolute atomic E-state index is 0.258. The molecule has 0 aromatic carbocycles. The molecule has 74 valence electrons. The number of nitrogens with zero attached hydrogens (tertiary/aromatic N) is 2. The van der Waals surface area contributed by atoms with Gasteiger partial charge in [-0.15, -0.1) is 22.9 Å². The van der Waals surface area contributed by atoms with E-state index in [-0.39, 0.29) is 5.38 Å². The highest BCUT2D eigenvalue weighted by molar-refractivity contribution is 7.14. The predicted octanol–water partition coefficient (Wildman–Crippen LogP) is 3.75. The van der Waals surface area contributed by atoms with Crippen molar-refractivity contribution in [3.63, 3.8) is 0 Å². The first-order valence-corrected chi connectivity index (χ1v) is 5.59. The van der Waals surface area contributed by atoms with Crippen molar-refractivity contribution in [2.75, 3.05) is 0 Å². The zero-order valence-corrected chi connectivity index (χ0v) is 9.53. The molecule has 6 heteroatoms. The second-order valence-corrected chi connectivity index (χ2v) is 4.65. The van der Waals surface area contributed by atoms with Gasteiger partial charge in [0.1, 0.15) is 4.88 Å². The molecule has 0 saturated carbocycles. The lowest BCUT2D eigenvalue weighted by atomic mass is 10.4. The molecule has 0 fully saturated rings. The van der Waals surface area contributed by atoms with Crippen LogP contribution in [0.2, 0.25) is 5.02 Å². The zero-order chi connectivity index (χ0) is 10.1. The molecule has 2 rings (SSSR count). The van der Waals surface area contributed by atoms with Crippen LogP contribution in [0.25, 0.3) is 10.8 Å². The molecular weight excluding hydrogens is 243 g/mol. The lowest BCUT2D eigenvalue weighted by Crippen LogP contribution is -1.86. The highest BCUT2D eigenvalue weighted by Gasteiger charge is 2.15. The van der Waals surface area contributed by atoms with Gasteiger partial charge >= 0.3 is 0 Å². The quantitative estimate of drug-likeness (QED) is 0.761. The van der Waals surface area contributed by atoms with E-state index < -0.39 is 0 Å². The summed E-state index contributed by atoms with van der Waals surface area (Å²) in [5.74, 6) is 0.902. The van der Waals surface area contributed by atoms with Crippen molar-refractivity contribution in [3.8, 4) is 10.8 Å². The lowest BCUT2D eigenvalue weighted by Gasteiger charge is -1.90. The van der Waals surface area contributed by atoms with Crippen LogP contribution in [-0.2, 0) is 0 Å². The standard InChI is InChI=1S/C8H6Cl2N2OS/c1-4(9)7-11-8(13-12-7)6-5(10)2-3-14-6/h2-4H,1H3. The summed E-state index contributed by atoms with van der Waals surface area (Å²) in [5, 5.41) is 5.97. The van der Waals surface area contributed by atoms with E-state index in [2.05, 4.69) is 10.1 Å². The van der Waals surface area contributed by atoms with Crippen LogP contribution in [0, 0.1) is 0 Å². The maximum atomic E-state index is 5.91. The Morgan fingerprint density at radius 2 is 2.36 bits per heavy atom. The van der Waals surface area contributed by atoms with Crippen molar-refractivity contribution in [2.24, 2.45) is 0 Å². The van der Waals surface area contributed by atoms with Gasteiger partial charge in [0.15, 0.2) is 5.82 Å². The average molecular weight is 249 g/mol. The summed E-state index contributed by atoms with van der Waals surface area (Å²) in [4.78, 5) is 4.91. The maximum Gasteiger partial charge on any atom is 0.269 e. The Morgan fingerprint density at radius 1 is 1.57 bits per heavy atom. The Morgan fingerprint density at radius 3 is 2.86 bits per heavy atom. The number of thiophene rings is 1. The molecule has 0 aliphatic rings. The summed E-state index contributed by atoms with van der Waals surface area (Å²) < 4.78 is 5.03. The van der Waals surface area contributed by atoms with E-state index >= 15 is 0 Å². The molecule has 0 aliphatic carbocycles. The fourth-order valence-corrected chi connectivity index (χ4v) is 2.08. The number of alkyl halides is 1. The summed E-state index contributed by atoms with van der Waals surface area (Å²) in [6.07, 6.45) is 0. The monoisotopic (exact) mass is 248 g/mol. The third kappa shape index (κ3) is 1.78. The fourth-order valence-electron chi connectivity index (χ4n) is 0.935. The van der Waals surface area contributed by atoms with E-state index in [1.54, 1.807) is 13.0 Å². The predicted molar refractivity (Wildman–Crippen MR) is 56.9 cm³/mol. The van der Waals surface area contributed by atoms with Gasteiger partial charge in [-0.1, -0.05) is 16.8 Å². The van der Waals surface area contributed by atoms with E-state index in [4.69, 9.17) is 27.7 Å². The van der Waals surface area contributed by atoms with E-state index in [0.29, 0.717) is 16.7 Å². The van der Waals surface area contributed by atoms with Gasteiger partial charge < -0.3 is 4.52 Å². The van der Waals surface area contributed by atoms with Gasteiger partial charge in [0.2, 0.25) is 0 Å². The maximum absolute atomic E-state index is 5.91. The SMILES string of the molecule is CC(Cl)c1noc(-c2sccc2Cl)n1. The van der Waals surface area contributed by atoms with Crippen molar-refractivity contribution in [2.45, 2.75) is 12.3 Å². The first kappa shape index (κ1) is 9.96. The van der Waals surface area contributed by atoms with Crippen LogP contribution < -0.4 is 0 Å². The Bertz CT molecular complexity index is 438. The van der Waals surface area contributed by atoms with Crippen molar-refractivity contribution in [3.05, 3.63) is 22.3 Å². The van der Waals surface area contributed by atoms with Gasteiger partial charge in [-0.3, -0.25) is 0 Å². The van der Waals surface area contributed by atoms with Gasteiger partial charge in [0, 0.05) is 0 Å². The number of hydrogen-bond acceptors (Lipinski definition) is 4. The first-order valence-electron chi connectivity index (χ1n) is 3.89. The van der Waals surface area contributed by atoms with Crippen molar-refractivity contribution in [1.29, 1.82) is 0 Å². The van der Waals surface area contributed by atoms with Crippen LogP contribution in [-0.4, -0.2) is 10.1 Å². The molecule has 2 aromatic heterocycles. The first-order chi connectivity index (χ1) is 6.68. The van der Waals surface area contributed by atoms with Crippen molar-refractivity contribution >= 4 is 34.5 Å². The van der Waals surface area contributed by atoms with Crippen LogP contribution in [0.3, 0.4) is 0 Å². The van der Waals surface area contributed by atoms with Crippen LogP contribution in [0.4, 0.5) is 0 Å². The number of rotatable bonds is 2. The topological polar surface area (TPSA) is 38.9 Å². The summed E-state index contributed by atoms with van der Waals surface area (Å²) in [7, 11) is 0. The number of aromatic nitrogens is 2. The third-order valence-electron chi connectivity index (χ3n) is 1.61. The molecule has 0 N–H and O–H groups in total. The molecule has 0 bridgehead atoms. The Balaban J connectivity index is 2.39. The summed E-state index contributed by atoms with van der Waals surface area (Å²) in [6, 6.07) is 1.79. The number of hydrogen-bond donors (Lipinski definition) is 0. The summed E-state index contributed by atoms with van der Waals surface area (Å²) in [6.45, 7) is 1.78. The van der Waals surface area contributed by atoms with Gasteiger partial charge in [0.25, 0.3) is 5.89 Å². The zero-order valence-electron chi connectivity index (χ0n) is 7.20. The van der Waals surface area contributed by atoms with Crippen LogP contribution in [0.15, 0.2) is 16.0 Å². The van der Waals surface area contributed by atoms with Crippen molar-refractivity contribution in [1.82, 2.24) is 10.1 Å². The molecule has 1 atom stereocenters. The normalized spacial score (nSPS) is 13.1. The van der Waals surface area contributed by atoms with E-state index in [1.807, 2.05) is 5.38 Å². The van der Waals surface area contributed by atoms with Crippen LogP contribution >= 0.6 is 34.5 Å². The molecule has 0 amide bonds. The average Bonchev–Trinajstić information content (AvgIpc) is 2.71. The van der Waals surface area contributed by atoms with Crippen LogP contribution in [0.5, 0.6) is 0 Å². The smallest absolute Gasteiger partial charge is 0.269 e. The van der Waals surface area contributed by atoms with E-state index in [1.165, 1.54) is 11.3 Å². The molecule has 0 saturated heterocycles. The van der Waals surface area contributed by atoms with E-state index in [0.717, 1.165) is 4.88 Å². The Hall–Kier alpha value is -0.580. The van der Waals surface area contributed by atoms with Crippen LogP contribution in [0.1, 0.15) is 18.1 Å². The highest BCUT2D eigenvalue weighted by atomic mass is 35.5. The molecule has 3 nitrogen and oxygen atoms in total. The van der Waals surface area contributed by atoms with Gasteiger partial charge in [-0.2, -0.15) is 4.98 Å².